The predicted molar refractivity (Wildman–Crippen MR) is 76.0 cm³/mol. The van der Waals surface area contributed by atoms with Gasteiger partial charge in [-0.1, -0.05) is 11.6 Å². The van der Waals surface area contributed by atoms with Crippen LogP contribution in [-0.4, -0.2) is 25.2 Å². The molecule has 0 aromatic heterocycles. The third-order valence-electron chi connectivity index (χ3n) is 2.53. The van der Waals surface area contributed by atoms with Crippen molar-refractivity contribution in [1.82, 2.24) is 5.32 Å². The molecule has 0 spiro atoms. The Morgan fingerprint density at radius 3 is 2.89 bits per heavy atom. The van der Waals surface area contributed by atoms with E-state index in [4.69, 9.17) is 26.8 Å². The zero-order chi connectivity index (χ0) is 13.8. The maximum Gasteiger partial charge on any atom is 0.189 e. The van der Waals surface area contributed by atoms with Crippen LogP contribution < -0.4 is 20.5 Å². The van der Waals surface area contributed by atoms with Gasteiger partial charge in [-0.3, -0.25) is 0 Å². The smallest absolute Gasteiger partial charge is 0.189 e. The lowest BCUT2D eigenvalue weighted by Gasteiger charge is -2.20. The van der Waals surface area contributed by atoms with E-state index in [1.54, 1.807) is 0 Å². The molecule has 1 aromatic carbocycles. The van der Waals surface area contributed by atoms with Gasteiger partial charge in [0.2, 0.25) is 0 Å². The summed E-state index contributed by atoms with van der Waals surface area (Å²) in [4.78, 5) is 4.25. The van der Waals surface area contributed by atoms with Crippen LogP contribution in [0.1, 0.15) is 19.4 Å². The molecule has 0 unspecified atom stereocenters. The molecule has 0 aliphatic carbocycles. The Labute approximate surface area is 117 Å². The van der Waals surface area contributed by atoms with Crippen LogP contribution in [0.15, 0.2) is 17.1 Å². The van der Waals surface area contributed by atoms with Gasteiger partial charge < -0.3 is 20.5 Å². The number of hydrogen-bond acceptors (Lipinski definition) is 3. The molecular formula is C13H18ClN3O2. The molecule has 2 rings (SSSR count). The topological polar surface area (TPSA) is 68.9 Å². The Balaban J connectivity index is 2.11. The third kappa shape index (κ3) is 3.67. The molecule has 0 bridgehead atoms. The quantitative estimate of drug-likeness (QED) is 0.657. The molecule has 1 aliphatic heterocycles. The zero-order valence-corrected chi connectivity index (χ0v) is 11.8. The highest BCUT2D eigenvalue weighted by atomic mass is 35.5. The SMILES string of the molecule is CC(C)NC(N)=NCc1cc(Cl)c2c(c1)OCCO2. The molecular weight excluding hydrogens is 266 g/mol. The number of hydrogen-bond donors (Lipinski definition) is 2. The largest absolute Gasteiger partial charge is 0.486 e. The monoisotopic (exact) mass is 283 g/mol. The van der Waals surface area contributed by atoms with Gasteiger partial charge in [0, 0.05) is 6.04 Å². The highest BCUT2D eigenvalue weighted by Crippen LogP contribution is 2.38. The van der Waals surface area contributed by atoms with Gasteiger partial charge in [0.1, 0.15) is 13.2 Å². The van der Waals surface area contributed by atoms with Crippen molar-refractivity contribution in [2.75, 3.05) is 13.2 Å². The summed E-state index contributed by atoms with van der Waals surface area (Å²) in [6.45, 7) is 5.51. The fourth-order valence-corrected chi connectivity index (χ4v) is 2.06. The number of rotatable bonds is 3. The summed E-state index contributed by atoms with van der Waals surface area (Å²) in [6.07, 6.45) is 0. The van der Waals surface area contributed by atoms with E-state index >= 15 is 0 Å². The van der Waals surface area contributed by atoms with Crippen molar-refractivity contribution in [3.8, 4) is 11.5 Å². The van der Waals surface area contributed by atoms with E-state index in [2.05, 4.69) is 10.3 Å². The van der Waals surface area contributed by atoms with Gasteiger partial charge in [0.05, 0.1) is 11.6 Å². The second-order valence-corrected chi connectivity index (χ2v) is 5.01. The standard InChI is InChI=1S/C13H18ClN3O2/c1-8(2)17-13(15)16-7-9-5-10(14)12-11(6-9)18-3-4-19-12/h5-6,8H,3-4,7H2,1-2H3,(H3,15,16,17). The van der Waals surface area contributed by atoms with Gasteiger partial charge in [-0.15, -0.1) is 0 Å². The average Bonchev–Trinajstić information content (AvgIpc) is 2.36. The minimum atomic E-state index is 0.257. The van der Waals surface area contributed by atoms with Crippen LogP contribution in [0.3, 0.4) is 0 Å². The molecule has 19 heavy (non-hydrogen) atoms. The van der Waals surface area contributed by atoms with E-state index in [-0.39, 0.29) is 6.04 Å². The van der Waals surface area contributed by atoms with Gasteiger partial charge in [0.15, 0.2) is 17.5 Å². The van der Waals surface area contributed by atoms with Gasteiger partial charge in [0.25, 0.3) is 0 Å². The maximum absolute atomic E-state index is 6.15. The number of halogens is 1. The molecule has 3 N–H and O–H groups in total. The predicted octanol–water partition coefficient (Wildman–Crippen LogP) is 1.92. The van der Waals surface area contributed by atoms with E-state index in [0.29, 0.717) is 42.2 Å². The van der Waals surface area contributed by atoms with Gasteiger partial charge >= 0.3 is 0 Å². The fraction of sp³-hybridized carbons (Fsp3) is 0.462. The van der Waals surface area contributed by atoms with Crippen LogP contribution in [0.4, 0.5) is 0 Å². The van der Waals surface area contributed by atoms with Crippen molar-refractivity contribution in [1.29, 1.82) is 0 Å². The Morgan fingerprint density at radius 2 is 2.16 bits per heavy atom. The lowest BCUT2D eigenvalue weighted by Crippen LogP contribution is -2.36. The van der Waals surface area contributed by atoms with Crippen LogP contribution in [0.2, 0.25) is 5.02 Å². The summed E-state index contributed by atoms with van der Waals surface area (Å²) in [6, 6.07) is 3.96. The molecule has 0 saturated heterocycles. The zero-order valence-electron chi connectivity index (χ0n) is 11.1. The first-order valence-electron chi connectivity index (χ1n) is 6.20. The summed E-state index contributed by atoms with van der Waals surface area (Å²) < 4.78 is 11.0. The van der Waals surface area contributed by atoms with Crippen molar-refractivity contribution < 1.29 is 9.47 Å². The van der Waals surface area contributed by atoms with Gasteiger partial charge in [-0.05, 0) is 31.5 Å². The van der Waals surface area contributed by atoms with E-state index in [1.165, 1.54) is 0 Å². The molecule has 1 heterocycles. The lowest BCUT2D eigenvalue weighted by atomic mass is 10.2. The number of aliphatic imine (C=N–C) groups is 1. The first-order chi connectivity index (χ1) is 9.06. The van der Waals surface area contributed by atoms with E-state index in [0.717, 1.165) is 5.56 Å². The van der Waals surface area contributed by atoms with Crippen LogP contribution >= 0.6 is 11.6 Å². The van der Waals surface area contributed by atoms with Gasteiger partial charge in [-0.25, -0.2) is 4.99 Å². The van der Waals surface area contributed by atoms with Crippen LogP contribution in [0, 0.1) is 0 Å². The lowest BCUT2D eigenvalue weighted by molar-refractivity contribution is 0.171. The van der Waals surface area contributed by atoms with E-state index in [9.17, 15) is 0 Å². The minimum absolute atomic E-state index is 0.257. The minimum Gasteiger partial charge on any atom is -0.486 e. The second kappa shape index (κ2) is 6.02. The normalized spacial score (nSPS) is 14.6. The molecule has 0 fully saturated rings. The number of fused-ring (bicyclic) bond motifs is 1. The molecule has 1 aromatic rings. The molecule has 0 atom stereocenters. The first-order valence-corrected chi connectivity index (χ1v) is 6.58. The summed E-state index contributed by atoms with van der Waals surface area (Å²) in [5.74, 6) is 1.69. The number of guanidine groups is 1. The van der Waals surface area contributed by atoms with Crippen molar-refractivity contribution in [3.05, 3.63) is 22.7 Å². The summed E-state index contributed by atoms with van der Waals surface area (Å²) in [5.41, 5.74) is 6.68. The molecule has 1 aliphatic rings. The Bertz CT molecular complexity index is 489. The fourth-order valence-electron chi connectivity index (χ4n) is 1.77. The Hall–Kier alpha value is -1.62. The summed E-state index contributed by atoms with van der Waals surface area (Å²) in [5, 5.41) is 3.57. The van der Waals surface area contributed by atoms with Crippen molar-refractivity contribution in [2.24, 2.45) is 10.7 Å². The molecule has 104 valence electrons. The number of ether oxygens (including phenoxy) is 2. The van der Waals surface area contributed by atoms with Crippen molar-refractivity contribution >= 4 is 17.6 Å². The third-order valence-corrected chi connectivity index (χ3v) is 2.81. The maximum atomic E-state index is 6.15. The molecule has 0 saturated carbocycles. The highest BCUT2D eigenvalue weighted by molar-refractivity contribution is 6.32. The first kappa shape index (κ1) is 13.8. The Kier molecular flexibility index (Phi) is 4.37. The van der Waals surface area contributed by atoms with Crippen LogP contribution in [-0.2, 0) is 6.54 Å². The molecule has 0 radical (unpaired) electrons. The number of nitrogens with zero attached hydrogens (tertiary/aromatic N) is 1. The second-order valence-electron chi connectivity index (χ2n) is 4.60. The summed E-state index contributed by atoms with van der Waals surface area (Å²) in [7, 11) is 0. The van der Waals surface area contributed by atoms with Crippen molar-refractivity contribution in [2.45, 2.75) is 26.4 Å². The molecule has 0 amide bonds. The Morgan fingerprint density at radius 1 is 1.42 bits per heavy atom. The molecule has 6 heteroatoms. The van der Waals surface area contributed by atoms with Crippen LogP contribution in [0.5, 0.6) is 11.5 Å². The average molecular weight is 284 g/mol. The number of nitrogens with two attached hydrogens (primary N) is 1. The summed E-state index contributed by atoms with van der Waals surface area (Å²) >= 11 is 6.15. The van der Waals surface area contributed by atoms with Crippen LogP contribution in [0.25, 0.3) is 0 Å². The molecule has 5 nitrogen and oxygen atoms in total. The highest BCUT2D eigenvalue weighted by Gasteiger charge is 2.16. The van der Waals surface area contributed by atoms with E-state index < -0.39 is 0 Å². The van der Waals surface area contributed by atoms with E-state index in [1.807, 2.05) is 26.0 Å². The number of benzene rings is 1. The van der Waals surface area contributed by atoms with Crippen molar-refractivity contribution in [3.63, 3.8) is 0 Å². The number of nitrogens with one attached hydrogen (secondary N) is 1. The van der Waals surface area contributed by atoms with Gasteiger partial charge in [-0.2, -0.15) is 0 Å².